The third-order valence-corrected chi connectivity index (χ3v) is 6.44. The van der Waals surface area contributed by atoms with Gasteiger partial charge in [0.05, 0.1) is 25.1 Å². The molecule has 1 aliphatic rings. The number of hydrogen-bond acceptors (Lipinski definition) is 3. The Balaban J connectivity index is 2.16. The normalized spacial score (nSPS) is 22.4. The summed E-state index contributed by atoms with van der Waals surface area (Å²) in [5, 5.41) is 10.7. The van der Waals surface area contributed by atoms with Crippen molar-refractivity contribution in [3.63, 3.8) is 0 Å². The van der Waals surface area contributed by atoms with E-state index in [4.69, 9.17) is 27.9 Å². The van der Waals surface area contributed by atoms with Crippen LogP contribution in [0.2, 0.25) is 10.0 Å². The number of carboxylic acids is 1. The highest BCUT2D eigenvalue weighted by molar-refractivity contribution is 6.30. The first kappa shape index (κ1) is 23.6. The van der Waals surface area contributed by atoms with Crippen molar-refractivity contribution in [2.24, 2.45) is 5.92 Å². The average molecular weight is 464 g/mol. The molecule has 0 radical (unpaired) electrons. The Morgan fingerprint density at radius 1 is 1.16 bits per heavy atom. The Morgan fingerprint density at radius 2 is 1.87 bits per heavy atom. The quantitative estimate of drug-likeness (QED) is 0.555. The molecule has 1 saturated heterocycles. The zero-order valence-corrected chi connectivity index (χ0v) is 19.1. The fourth-order valence-corrected chi connectivity index (χ4v) is 4.89. The molecule has 0 aliphatic carbocycles. The topological polar surface area (TPSA) is 66.8 Å². The van der Waals surface area contributed by atoms with Gasteiger partial charge >= 0.3 is 5.97 Å². The van der Waals surface area contributed by atoms with E-state index in [0.29, 0.717) is 29.5 Å². The number of methoxy groups -OCH3 is 1. The minimum Gasteiger partial charge on any atom is -0.481 e. The zero-order chi connectivity index (χ0) is 22.5. The van der Waals surface area contributed by atoms with E-state index in [1.54, 1.807) is 7.11 Å². The van der Waals surface area contributed by atoms with Crippen LogP contribution in [-0.4, -0.2) is 41.6 Å². The summed E-state index contributed by atoms with van der Waals surface area (Å²) in [6.45, 7) is 2.37. The minimum absolute atomic E-state index is 0.118. The van der Waals surface area contributed by atoms with Gasteiger partial charge in [-0.25, -0.2) is 0 Å². The summed E-state index contributed by atoms with van der Waals surface area (Å²) in [7, 11) is 1.61. The third-order valence-electron chi connectivity index (χ3n) is 5.96. The van der Waals surface area contributed by atoms with Gasteiger partial charge in [0.2, 0.25) is 5.91 Å². The number of hydrogen-bond donors (Lipinski definition) is 1. The summed E-state index contributed by atoms with van der Waals surface area (Å²) in [6, 6.07) is 14.6. The van der Waals surface area contributed by atoms with Crippen molar-refractivity contribution < 1.29 is 19.4 Å². The van der Waals surface area contributed by atoms with E-state index in [-0.39, 0.29) is 30.3 Å². The first-order chi connectivity index (χ1) is 14.8. The van der Waals surface area contributed by atoms with Gasteiger partial charge in [0.15, 0.2) is 0 Å². The van der Waals surface area contributed by atoms with Crippen LogP contribution in [0.4, 0.5) is 0 Å². The predicted molar refractivity (Wildman–Crippen MR) is 122 cm³/mol. The van der Waals surface area contributed by atoms with Crippen LogP contribution in [0.15, 0.2) is 48.5 Å². The number of likely N-dealkylation sites (tertiary alicyclic amines) is 1. The minimum atomic E-state index is -0.979. The third kappa shape index (κ3) is 5.40. The van der Waals surface area contributed by atoms with Crippen LogP contribution in [0.25, 0.3) is 0 Å². The number of aliphatic carboxylic acids is 1. The molecule has 0 spiro atoms. The molecule has 1 heterocycles. The molecule has 31 heavy (non-hydrogen) atoms. The molecule has 7 heteroatoms. The van der Waals surface area contributed by atoms with Crippen molar-refractivity contribution in [3.8, 4) is 0 Å². The molecule has 166 valence electrons. The molecule has 4 unspecified atom stereocenters. The second kappa shape index (κ2) is 10.5. The number of amides is 1. The van der Waals surface area contributed by atoms with E-state index in [0.717, 1.165) is 11.1 Å². The fraction of sp³-hybridized carbons (Fsp3) is 0.417. The summed E-state index contributed by atoms with van der Waals surface area (Å²) in [5.41, 5.74) is 1.93. The number of carboxylic acid groups (broad SMARTS) is 1. The van der Waals surface area contributed by atoms with E-state index in [1.807, 2.05) is 60.4 Å². The van der Waals surface area contributed by atoms with E-state index < -0.39 is 11.9 Å². The second-order valence-electron chi connectivity index (χ2n) is 7.95. The van der Waals surface area contributed by atoms with Gasteiger partial charge in [-0.05, 0) is 48.2 Å². The molecule has 1 N–H and O–H groups in total. The number of rotatable bonds is 8. The van der Waals surface area contributed by atoms with Crippen LogP contribution in [-0.2, 0) is 14.3 Å². The van der Waals surface area contributed by atoms with Crippen LogP contribution in [0.1, 0.15) is 49.3 Å². The maximum Gasteiger partial charge on any atom is 0.304 e. The molecule has 2 aromatic rings. The van der Waals surface area contributed by atoms with Gasteiger partial charge in [0.1, 0.15) is 0 Å². The van der Waals surface area contributed by atoms with Crippen molar-refractivity contribution in [2.45, 2.75) is 44.2 Å². The lowest BCUT2D eigenvalue weighted by molar-refractivity contribution is -0.153. The first-order valence-corrected chi connectivity index (χ1v) is 11.1. The monoisotopic (exact) mass is 463 g/mol. The Kier molecular flexibility index (Phi) is 7.98. The van der Waals surface area contributed by atoms with Gasteiger partial charge in [-0.3, -0.25) is 9.59 Å². The van der Waals surface area contributed by atoms with Crippen molar-refractivity contribution in [1.82, 2.24) is 4.90 Å². The lowest BCUT2D eigenvalue weighted by atomic mass is 9.74. The van der Waals surface area contributed by atoms with Gasteiger partial charge in [0.25, 0.3) is 0 Å². The Bertz CT molecular complexity index is 918. The molecule has 3 rings (SSSR count). The lowest BCUT2D eigenvalue weighted by Gasteiger charge is -2.48. The number of nitrogens with zero attached hydrogens (tertiary/aromatic N) is 1. The van der Waals surface area contributed by atoms with E-state index >= 15 is 0 Å². The van der Waals surface area contributed by atoms with Gasteiger partial charge in [-0.1, -0.05) is 54.4 Å². The number of carbonyl (C=O) groups is 2. The Morgan fingerprint density at radius 3 is 2.45 bits per heavy atom. The molecule has 5 nitrogen and oxygen atoms in total. The highest BCUT2D eigenvalue weighted by Gasteiger charge is 2.46. The molecular formula is C24H27Cl2NO4. The summed E-state index contributed by atoms with van der Waals surface area (Å²) in [6.07, 6.45) is 0.910. The SMILES string of the molecule is CCC(COC)N1C(=O)C(CC(=O)O)CC(c2cccc(Cl)c2)C1c1ccc(Cl)cc1. The number of piperidine rings is 1. The van der Waals surface area contributed by atoms with Crippen LogP contribution in [0, 0.1) is 5.92 Å². The first-order valence-electron chi connectivity index (χ1n) is 10.4. The number of carbonyl (C=O) groups excluding carboxylic acids is 1. The molecule has 0 saturated carbocycles. The van der Waals surface area contributed by atoms with E-state index in [2.05, 4.69) is 0 Å². The summed E-state index contributed by atoms with van der Waals surface area (Å²) >= 11 is 12.4. The van der Waals surface area contributed by atoms with E-state index in [1.165, 1.54) is 0 Å². The zero-order valence-electron chi connectivity index (χ0n) is 17.6. The molecule has 4 atom stereocenters. The standard InChI is InChI=1S/C24H27Cl2NO4/c1-3-20(14-31-2)27-23(15-7-9-18(25)10-8-15)21(16-5-4-6-19(26)11-16)12-17(24(27)30)13-22(28)29/h4-11,17,20-21,23H,3,12-14H2,1-2H3,(H,28,29). The van der Waals surface area contributed by atoms with Crippen molar-refractivity contribution >= 4 is 35.1 Å². The smallest absolute Gasteiger partial charge is 0.304 e. The molecule has 2 aromatic carbocycles. The van der Waals surface area contributed by atoms with Crippen LogP contribution < -0.4 is 0 Å². The van der Waals surface area contributed by atoms with Crippen molar-refractivity contribution in [2.75, 3.05) is 13.7 Å². The molecule has 1 aliphatic heterocycles. The molecule has 0 bridgehead atoms. The number of benzene rings is 2. The predicted octanol–water partition coefficient (Wildman–Crippen LogP) is 5.57. The summed E-state index contributed by atoms with van der Waals surface area (Å²) < 4.78 is 5.42. The lowest BCUT2D eigenvalue weighted by Crippen LogP contribution is -2.53. The summed E-state index contributed by atoms with van der Waals surface area (Å²) in [5.74, 6) is -1.86. The maximum atomic E-state index is 13.6. The van der Waals surface area contributed by atoms with Crippen molar-refractivity contribution in [3.05, 3.63) is 69.7 Å². The molecule has 0 aromatic heterocycles. The van der Waals surface area contributed by atoms with Gasteiger partial charge < -0.3 is 14.7 Å². The fourth-order valence-electron chi connectivity index (χ4n) is 4.56. The van der Waals surface area contributed by atoms with E-state index in [9.17, 15) is 14.7 Å². The second-order valence-corrected chi connectivity index (χ2v) is 8.82. The molecular weight excluding hydrogens is 437 g/mol. The highest BCUT2D eigenvalue weighted by Crippen LogP contribution is 2.47. The molecule has 1 amide bonds. The largest absolute Gasteiger partial charge is 0.481 e. The number of ether oxygens (including phenoxy) is 1. The highest BCUT2D eigenvalue weighted by atomic mass is 35.5. The van der Waals surface area contributed by atoms with Crippen LogP contribution >= 0.6 is 23.2 Å². The molecule has 1 fully saturated rings. The van der Waals surface area contributed by atoms with Crippen molar-refractivity contribution in [1.29, 1.82) is 0 Å². The number of halogens is 2. The van der Waals surface area contributed by atoms with Gasteiger partial charge in [-0.2, -0.15) is 0 Å². The van der Waals surface area contributed by atoms with Gasteiger partial charge in [-0.15, -0.1) is 0 Å². The van der Waals surface area contributed by atoms with Gasteiger partial charge in [0, 0.05) is 29.0 Å². The average Bonchev–Trinajstić information content (AvgIpc) is 2.74. The Labute approximate surface area is 192 Å². The van der Waals surface area contributed by atoms with Crippen LogP contribution in [0.3, 0.4) is 0 Å². The Hall–Kier alpha value is -2.08. The summed E-state index contributed by atoms with van der Waals surface area (Å²) in [4.78, 5) is 27.0. The van der Waals surface area contributed by atoms with Crippen LogP contribution in [0.5, 0.6) is 0 Å². The maximum absolute atomic E-state index is 13.6.